The average molecular weight is 397 g/mol. The van der Waals surface area contributed by atoms with Crippen LogP contribution in [0.25, 0.3) is 5.82 Å². The fraction of sp³-hybridized carbons (Fsp3) is 0.550. The van der Waals surface area contributed by atoms with Crippen LogP contribution in [0, 0.1) is 26.7 Å². The highest BCUT2D eigenvalue weighted by atomic mass is 16.2. The lowest BCUT2D eigenvalue weighted by molar-refractivity contribution is -0.137. The molecule has 0 radical (unpaired) electrons. The molecule has 2 amide bonds. The van der Waals surface area contributed by atoms with Gasteiger partial charge in [0.05, 0.1) is 11.6 Å². The number of piperidine rings is 1. The Morgan fingerprint density at radius 2 is 1.83 bits per heavy atom. The van der Waals surface area contributed by atoms with E-state index >= 15 is 0 Å². The van der Waals surface area contributed by atoms with E-state index in [4.69, 9.17) is 0 Å². The number of nitrogens with one attached hydrogen (secondary N) is 1. The average Bonchev–Trinajstić information content (AvgIpc) is 3.06. The molecule has 2 aliphatic rings. The molecule has 0 aliphatic carbocycles. The van der Waals surface area contributed by atoms with Crippen LogP contribution in [0.15, 0.2) is 12.4 Å². The zero-order valence-corrected chi connectivity index (χ0v) is 17.2. The van der Waals surface area contributed by atoms with Crippen LogP contribution in [0.5, 0.6) is 0 Å². The summed E-state index contributed by atoms with van der Waals surface area (Å²) in [6, 6.07) is 1.98. The van der Waals surface area contributed by atoms with Gasteiger partial charge in [0.15, 0.2) is 0 Å². The molecule has 4 rings (SSSR count). The minimum absolute atomic E-state index is 0.0390. The fourth-order valence-electron chi connectivity index (χ4n) is 3.91. The van der Waals surface area contributed by atoms with Crippen molar-refractivity contribution in [3.8, 4) is 5.82 Å². The van der Waals surface area contributed by atoms with Crippen molar-refractivity contribution in [2.75, 3.05) is 37.6 Å². The number of hydrogen-bond donors (Lipinski definition) is 1. The molecule has 2 aromatic heterocycles. The van der Waals surface area contributed by atoms with Crippen molar-refractivity contribution in [1.82, 2.24) is 29.7 Å². The van der Waals surface area contributed by atoms with Crippen LogP contribution < -0.4 is 10.2 Å². The molecule has 0 spiro atoms. The molecule has 0 bridgehead atoms. The first-order valence-electron chi connectivity index (χ1n) is 10.1. The van der Waals surface area contributed by atoms with E-state index in [1.165, 1.54) is 0 Å². The summed E-state index contributed by atoms with van der Waals surface area (Å²) in [5, 5.41) is 2.80. The molecular formula is C20H27N7O2. The molecule has 9 heteroatoms. The van der Waals surface area contributed by atoms with Crippen molar-refractivity contribution < 1.29 is 9.59 Å². The lowest BCUT2D eigenvalue weighted by Gasteiger charge is -2.37. The fourth-order valence-corrected chi connectivity index (χ4v) is 3.91. The first kappa shape index (κ1) is 19.4. The van der Waals surface area contributed by atoms with Crippen LogP contribution >= 0.6 is 0 Å². The van der Waals surface area contributed by atoms with E-state index in [0.29, 0.717) is 38.3 Å². The number of imidazole rings is 1. The summed E-state index contributed by atoms with van der Waals surface area (Å²) >= 11 is 0. The van der Waals surface area contributed by atoms with Crippen molar-refractivity contribution in [1.29, 1.82) is 0 Å². The number of carbonyl (C=O) groups excluding carboxylic acids is 2. The van der Waals surface area contributed by atoms with Crippen molar-refractivity contribution >= 4 is 17.6 Å². The van der Waals surface area contributed by atoms with Crippen molar-refractivity contribution in [3.05, 3.63) is 29.6 Å². The number of piperazine rings is 1. The number of rotatable bonds is 3. The Morgan fingerprint density at radius 3 is 2.45 bits per heavy atom. The third-order valence-corrected chi connectivity index (χ3v) is 5.84. The maximum atomic E-state index is 12.8. The van der Waals surface area contributed by atoms with Crippen molar-refractivity contribution in [2.45, 2.75) is 33.6 Å². The van der Waals surface area contributed by atoms with Crippen LogP contribution in [0.4, 0.5) is 5.82 Å². The van der Waals surface area contributed by atoms with E-state index in [-0.39, 0.29) is 17.7 Å². The second-order valence-corrected chi connectivity index (χ2v) is 7.77. The molecule has 1 atom stereocenters. The first-order chi connectivity index (χ1) is 13.9. The maximum absolute atomic E-state index is 12.8. The number of carbonyl (C=O) groups is 2. The summed E-state index contributed by atoms with van der Waals surface area (Å²) < 4.78 is 1.98. The zero-order chi connectivity index (χ0) is 20.5. The number of aromatic nitrogens is 4. The number of anilines is 1. The van der Waals surface area contributed by atoms with Gasteiger partial charge in [-0.2, -0.15) is 0 Å². The Labute approximate surface area is 170 Å². The van der Waals surface area contributed by atoms with Gasteiger partial charge in [-0.3, -0.25) is 14.2 Å². The summed E-state index contributed by atoms with van der Waals surface area (Å²) in [6.45, 7) is 9.12. The smallest absolute Gasteiger partial charge is 0.227 e. The number of hydrogen-bond acceptors (Lipinski definition) is 6. The molecule has 0 aromatic carbocycles. The highest BCUT2D eigenvalue weighted by Crippen LogP contribution is 2.21. The Hall–Kier alpha value is -2.97. The van der Waals surface area contributed by atoms with E-state index in [1.54, 1.807) is 6.33 Å². The minimum Gasteiger partial charge on any atom is -0.355 e. The largest absolute Gasteiger partial charge is 0.355 e. The van der Waals surface area contributed by atoms with E-state index in [2.05, 4.69) is 25.2 Å². The van der Waals surface area contributed by atoms with Gasteiger partial charge < -0.3 is 15.1 Å². The first-order valence-corrected chi connectivity index (χ1v) is 10.1. The molecule has 9 nitrogen and oxygen atoms in total. The van der Waals surface area contributed by atoms with Crippen LogP contribution in [-0.4, -0.2) is 69.0 Å². The van der Waals surface area contributed by atoms with Gasteiger partial charge in [0.2, 0.25) is 11.8 Å². The van der Waals surface area contributed by atoms with Gasteiger partial charge in [0, 0.05) is 50.9 Å². The lowest BCUT2D eigenvalue weighted by Crippen LogP contribution is -2.52. The quantitative estimate of drug-likeness (QED) is 0.822. The van der Waals surface area contributed by atoms with Crippen LogP contribution in [0.2, 0.25) is 0 Å². The van der Waals surface area contributed by atoms with Gasteiger partial charge in [0.1, 0.15) is 23.8 Å². The zero-order valence-electron chi connectivity index (χ0n) is 17.2. The predicted molar refractivity (Wildman–Crippen MR) is 108 cm³/mol. The SMILES string of the molecule is Cc1nc(N2CCN(C(=O)C3CCC(=O)NC3)CC2)cc(-n2cnc(C)c2C)n1. The second kappa shape index (κ2) is 7.81. The third kappa shape index (κ3) is 3.94. The number of nitrogens with zero attached hydrogens (tertiary/aromatic N) is 6. The van der Waals surface area contributed by atoms with Gasteiger partial charge in [-0.05, 0) is 27.2 Å². The maximum Gasteiger partial charge on any atom is 0.227 e. The normalized spacial score (nSPS) is 20.0. The molecule has 1 unspecified atom stereocenters. The van der Waals surface area contributed by atoms with E-state index in [0.717, 1.165) is 36.1 Å². The van der Waals surface area contributed by atoms with Gasteiger partial charge in [-0.1, -0.05) is 0 Å². The lowest BCUT2D eigenvalue weighted by atomic mass is 9.97. The Kier molecular flexibility index (Phi) is 5.21. The molecule has 4 heterocycles. The van der Waals surface area contributed by atoms with Gasteiger partial charge in [0.25, 0.3) is 0 Å². The third-order valence-electron chi connectivity index (χ3n) is 5.84. The summed E-state index contributed by atoms with van der Waals surface area (Å²) in [4.78, 5) is 41.7. The molecule has 1 N–H and O–H groups in total. The Bertz CT molecular complexity index is 921. The highest BCUT2D eigenvalue weighted by Gasteiger charge is 2.30. The van der Waals surface area contributed by atoms with Crippen molar-refractivity contribution in [2.24, 2.45) is 5.92 Å². The van der Waals surface area contributed by atoms with Crippen molar-refractivity contribution in [3.63, 3.8) is 0 Å². The standard InChI is InChI=1S/C20H27N7O2/c1-13-14(2)27(12-22-13)18-10-17(23-15(3)24-18)25-6-8-26(9-7-25)20(29)16-4-5-19(28)21-11-16/h10,12,16H,4-9,11H2,1-3H3,(H,21,28). The Morgan fingerprint density at radius 1 is 1.10 bits per heavy atom. The number of amides is 2. The predicted octanol–water partition coefficient (Wildman–Crippen LogP) is 0.762. The molecule has 2 aromatic rings. The monoisotopic (exact) mass is 397 g/mol. The molecule has 2 saturated heterocycles. The topological polar surface area (TPSA) is 96.2 Å². The summed E-state index contributed by atoms with van der Waals surface area (Å²) in [5.74, 6) is 2.47. The Balaban J connectivity index is 1.44. The highest BCUT2D eigenvalue weighted by molar-refractivity contribution is 5.84. The van der Waals surface area contributed by atoms with E-state index in [9.17, 15) is 9.59 Å². The number of aryl methyl sites for hydroxylation is 2. The summed E-state index contributed by atoms with van der Waals surface area (Å²) in [6.07, 6.45) is 2.87. The molecular weight excluding hydrogens is 370 g/mol. The van der Waals surface area contributed by atoms with Crippen LogP contribution in [0.1, 0.15) is 30.1 Å². The van der Waals surface area contributed by atoms with E-state index in [1.807, 2.05) is 36.3 Å². The minimum atomic E-state index is -0.0976. The van der Waals surface area contributed by atoms with Crippen LogP contribution in [0.3, 0.4) is 0 Å². The summed E-state index contributed by atoms with van der Waals surface area (Å²) in [5.41, 5.74) is 2.04. The molecule has 0 saturated carbocycles. The van der Waals surface area contributed by atoms with E-state index < -0.39 is 0 Å². The van der Waals surface area contributed by atoms with Gasteiger partial charge in [-0.25, -0.2) is 15.0 Å². The molecule has 154 valence electrons. The summed E-state index contributed by atoms with van der Waals surface area (Å²) in [7, 11) is 0. The molecule has 2 fully saturated rings. The van der Waals surface area contributed by atoms with Crippen LogP contribution in [-0.2, 0) is 9.59 Å². The van der Waals surface area contributed by atoms with Gasteiger partial charge >= 0.3 is 0 Å². The second-order valence-electron chi connectivity index (χ2n) is 7.77. The molecule has 29 heavy (non-hydrogen) atoms. The molecule has 2 aliphatic heterocycles. The van der Waals surface area contributed by atoms with Gasteiger partial charge in [-0.15, -0.1) is 0 Å².